The lowest BCUT2D eigenvalue weighted by molar-refractivity contribution is 0.0376. The number of ether oxygens (including phenoxy) is 2. The van der Waals surface area contributed by atoms with Gasteiger partial charge in [0.15, 0.2) is 5.96 Å². The monoisotopic (exact) mass is 388 g/mol. The fourth-order valence-electron chi connectivity index (χ4n) is 2.94. The topological polar surface area (TPSA) is 72.1 Å². The number of rotatable bonds is 8. The van der Waals surface area contributed by atoms with Crippen molar-refractivity contribution in [2.45, 2.75) is 13.0 Å². The predicted octanol–water partition coefficient (Wildman–Crippen LogP) is 2.55. The minimum absolute atomic E-state index is 0.511. The molecule has 146 valence electrons. The molecule has 1 aromatic carbocycles. The third-order valence-electron chi connectivity index (χ3n) is 4.50. The molecule has 3 rings (SSSR count). The van der Waals surface area contributed by atoms with Crippen molar-refractivity contribution in [2.24, 2.45) is 10.7 Å². The maximum atomic E-state index is 5.99. The summed E-state index contributed by atoms with van der Waals surface area (Å²) in [5.74, 6) is 1.38. The number of methoxy groups -OCH3 is 1. The van der Waals surface area contributed by atoms with Crippen molar-refractivity contribution in [3.63, 3.8) is 0 Å². The number of hydrogen-bond acceptors (Lipinski definition) is 5. The smallest absolute Gasteiger partial charge is 0.188 e. The van der Waals surface area contributed by atoms with E-state index in [-0.39, 0.29) is 0 Å². The molecule has 1 fully saturated rings. The molecule has 7 heteroatoms. The molecule has 2 heterocycles. The van der Waals surface area contributed by atoms with Crippen LogP contribution in [0.25, 0.3) is 10.4 Å². The molecule has 1 aromatic heterocycles. The van der Waals surface area contributed by atoms with E-state index in [2.05, 4.69) is 39.5 Å². The number of nitrogens with zero attached hydrogens (tertiary/aromatic N) is 2. The zero-order valence-electron chi connectivity index (χ0n) is 15.8. The van der Waals surface area contributed by atoms with Crippen LogP contribution in [0.3, 0.4) is 0 Å². The number of morpholine rings is 1. The lowest BCUT2D eigenvalue weighted by Crippen LogP contribution is -2.39. The minimum atomic E-state index is 0.511. The molecule has 3 N–H and O–H groups in total. The van der Waals surface area contributed by atoms with Gasteiger partial charge in [0.1, 0.15) is 5.75 Å². The first kappa shape index (κ1) is 19.7. The summed E-state index contributed by atoms with van der Waals surface area (Å²) < 4.78 is 10.6. The molecule has 0 radical (unpaired) electrons. The molecule has 0 saturated carbocycles. The van der Waals surface area contributed by atoms with Crippen molar-refractivity contribution in [1.29, 1.82) is 0 Å². The number of nitrogens with one attached hydrogen (secondary N) is 1. The Labute approximate surface area is 165 Å². The van der Waals surface area contributed by atoms with Crippen LogP contribution in [0.15, 0.2) is 41.4 Å². The summed E-state index contributed by atoms with van der Waals surface area (Å²) in [5.41, 5.74) is 7.17. The highest BCUT2D eigenvalue weighted by Gasteiger charge is 2.09. The number of hydrogen-bond donors (Lipinski definition) is 2. The third-order valence-corrected chi connectivity index (χ3v) is 5.62. The van der Waals surface area contributed by atoms with Crippen molar-refractivity contribution < 1.29 is 9.47 Å². The van der Waals surface area contributed by atoms with Crippen LogP contribution in [0.2, 0.25) is 0 Å². The van der Waals surface area contributed by atoms with Crippen molar-refractivity contribution in [3.05, 3.63) is 41.3 Å². The van der Waals surface area contributed by atoms with Crippen LogP contribution in [0.4, 0.5) is 0 Å². The van der Waals surface area contributed by atoms with Crippen LogP contribution in [0.1, 0.15) is 11.3 Å². The number of guanidine groups is 1. The van der Waals surface area contributed by atoms with Crippen LogP contribution in [-0.4, -0.2) is 57.4 Å². The average Bonchev–Trinajstić information content (AvgIpc) is 3.19. The zero-order valence-corrected chi connectivity index (χ0v) is 16.6. The summed E-state index contributed by atoms with van der Waals surface area (Å²) in [6.45, 7) is 6.25. The Balaban J connectivity index is 1.41. The Morgan fingerprint density at radius 1 is 1.22 bits per heavy atom. The fourth-order valence-corrected chi connectivity index (χ4v) is 3.87. The van der Waals surface area contributed by atoms with E-state index in [1.807, 2.05) is 12.1 Å². The molecular formula is C20H28N4O2S. The number of benzene rings is 1. The quantitative estimate of drug-likeness (QED) is 0.413. The van der Waals surface area contributed by atoms with Gasteiger partial charge in [-0.1, -0.05) is 0 Å². The predicted molar refractivity (Wildman–Crippen MR) is 112 cm³/mol. The first-order valence-electron chi connectivity index (χ1n) is 9.31. The van der Waals surface area contributed by atoms with Gasteiger partial charge in [-0.3, -0.25) is 4.90 Å². The van der Waals surface area contributed by atoms with Gasteiger partial charge >= 0.3 is 0 Å². The van der Waals surface area contributed by atoms with Crippen molar-refractivity contribution in [1.82, 2.24) is 10.2 Å². The van der Waals surface area contributed by atoms with Gasteiger partial charge in [0.25, 0.3) is 0 Å². The molecular weight excluding hydrogens is 360 g/mol. The van der Waals surface area contributed by atoms with Crippen molar-refractivity contribution in [2.75, 3.05) is 46.5 Å². The van der Waals surface area contributed by atoms with Gasteiger partial charge in [0.05, 0.1) is 26.9 Å². The van der Waals surface area contributed by atoms with E-state index < -0.39 is 0 Å². The van der Waals surface area contributed by atoms with E-state index in [1.54, 1.807) is 18.4 Å². The number of nitrogens with two attached hydrogens (primary N) is 1. The van der Waals surface area contributed by atoms with Crippen LogP contribution < -0.4 is 15.8 Å². The molecule has 1 aliphatic heterocycles. The third kappa shape index (κ3) is 6.23. The molecule has 27 heavy (non-hydrogen) atoms. The first-order valence-corrected chi connectivity index (χ1v) is 10.1. The van der Waals surface area contributed by atoms with Gasteiger partial charge < -0.3 is 20.5 Å². The first-order chi connectivity index (χ1) is 13.2. The van der Waals surface area contributed by atoms with Crippen LogP contribution in [0.5, 0.6) is 5.75 Å². The zero-order chi connectivity index (χ0) is 18.9. The second-order valence-electron chi connectivity index (χ2n) is 6.43. The number of thiophene rings is 1. The van der Waals surface area contributed by atoms with E-state index in [9.17, 15) is 0 Å². The Kier molecular flexibility index (Phi) is 7.50. The highest BCUT2D eigenvalue weighted by Crippen LogP contribution is 2.29. The molecule has 0 amide bonds. The van der Waals surface area contributed by atoms with Gasteiger partial charge in [0.2, 0.25) is 0 Å². The van der Waals surface area contributed by atoms with Crippen molar-refractivity contribution in [3.8, 4) is 16.2 Å². The van der Waals surface area contributed by atoms with Crippen molar-refractivity contribution >= 4 is 17.3 Å². The summed E-state index contributed by atoms with van der Waals surface area (Å²) in [5, 5.41) is 3.20. The number of aliphatic imine (C=N–C) groups is 1. The van der Waals surface area contributed by atoms with Crippen LogP contribution in [0, 0.1) is 0 Å². The Morgan fingerprint density at radius 3 is 2.74 bits per heavy atom. The maximum absolute atomic E-state index is 5.99. The highest BCUT2D eigenvalue weighted by molar-refractivity contribution is 7.15. The summed E-state index contributed by atoms with van der Waals surface area (Å²) in [4.78, 5) is 9.29. The summed E-state index contributed by atoms with van der Waals surface area (Å²) in [7, 11) is 1.68. The van der Waals surface area contributed by atoms with E-state index in [1.165, 1.54) is 15.3 Å². The molecule has 0 atom stereocenters. The van der Waals surface area contributed by atoms with Gasteiger partial charge in [-0.25, -0.2) is 4.99 Å². The van der Waals surface area contributed by atoms with Gasteiger partial charge in [0, 0.05) is 29.4 Å². The van der Waals surface area contributed by atoms with E-state index >= 15 is 0 Å². The SMILES string of the molecule is COc1ccc(-c2ccc(CN=C(N)NCCCN3CCOCC3)s2)cc1. The fraction of sp³-hybridized carbons (Fsp3) is 0.450. The van der Waals surface area contributed by atoms with E-state index in [0.717, 1.165) is 51.6 Å². The lowest BCUT2D eigenvalue weighted by atomic mass is 10.2. The Bertz CT molecular complexity index is 724. The molecule has 1 aliphatic rings. The Morgan fingerprint density at radius 2 is 2.00 bits per heavy atom. The second-order valence-corrected chi connectivity index (χ2v) is 7.60. The molecule has 0 spiro atoms. The van der Waals surface area contributed by atoms with E-state index in [0.29, 0.717) is 12.5 Å². The summed E-state index contributed by atoms with van der Waals surface area (Å²) in [6, 6.07) is 12.3. The summed E-state index contributed by atoms with van der Waals surface area (Å²) in [6.07, 6.45) is 1.05. The minimum Gasteiger partial charge on any atom is -0.497 e. The molecule has 1 saturated heterocycles. The van der Waals surface area contributed by atoms with Gasteiger partial charge in [-0.2, -0.15) is 0 Å². The Hall–Kier alpha value is -2.09. The summed E-state index contributed by atoms with van der Waals surface area (Å²) >= 11 is 1.74. The molecule has 0 bridgehead atoms. The molecule has 0 unspecified atom stereocenters. The van der Waals surface area contributed by atoms with E-state index in [4.69, 9.17) is 15.2 Å². The maximum Gasteiger partial charge on any atom is 0.188 e. The van der Waals surface area contributed by atoms with Crippen LogP contribution >= 0.6 is 11.3 Å². The molecule has 2 aromatic rings. The van der Waals surface area contributed by atoms with Crippen LogP contribution in [-0.2, 0) is 11.3 Å². The average molecular weight is 389 g/mol. The second kappa shape index (κ2) is 10.3. The highest BCUT2D eigenvalue weighted by atomic mass is 32.1. The lowest BCUT2D eigenvalue weighted by Gasteiger charge is -2.26. The normalized spacial score (nSPS) is 15.7. The largest absolute Gasteiger partial charge is 0.497 e. The van der Waals surface area contributed by atoms with Gasteiger partial charge in [-0.15, -0.1) is 11.3 Å². The standard InChI is InChI=1S/C20H28N4O2S/c1-25-17-5-3-16(4-6-17)19-8-7-18(27-19)15-23-20(21)22-9-2-10-24-11-13-26-14-12-24/h3-8H,2,9-15H2,1H3,(H3,21,22,23). The van der Waals surface area contributed by atoms with Gasteiger partial charge in [-0.05, 0) is 54.9 Å². The molecule has 0 aliphatic carbocycles. The molecule has 6 nitrogen and oxygen atoms in total.